The van der Waals surface area contributed by atoms with Gasteiger partial charge in [0.1, 0.15) is 5.75 Å². The number of carbonyl (C=O) groups is 1. The molecule has 19 heavy (non-hydrogen) atoms. The average Bonchev–Trinajstić information content (AvgIpc) is 2.92. The molecule has 0 spiro atoms. The monoisotopic (exact) mass is 264 g/mol. The summed E-state index contributed by atoms with van der Waals surface area (Å²) in [5.41, 5.74) is 6.24. The van der Waals surface area contributed by atoms with Crippen molar-refractivity contribution in [2.45, 2.75) is 31.9 Å². The van der Waals surface area contributed by atoms with Crippen molar-refractivity contribution in [3.8, 4) is 5.75 Å². The SMILES string of the molecule is CC(NC(=O)COc1ccc(N)cc1)C1CCCO1. The molecule has 1 aromatic carbocycles. The maximum Gasteiger partial charge on any atom is 0.258 e. The van der Waals surface area contributed by atoms with E-state index in [0.717, 1.165) is 19.4 Å². The second kappa shape index (κ2) is 6.43. The zero-order valence-corrected chi connectivity index (χ0v) is 11.1. The van der Waals surface area contributed by atoms with E-state index in [2.05, 4.69) is 5.32 Å². The lowest BCUT2D eigenvalue weighted by Crippen LogP contribution is -2.42. The van der Waals surface area contributed by atoms with E-state index in [1.807, 2.05) is 6.92 Å². The van der Waals surface area contributed by atoms with Gasteiger partial charge in [-0.1, -0.05) is 0 Å². The van der Waals surface area contributed by atoms with Gasteiger partial charge in [0, 0.05) is 12.3 Å². The minimum atomic E-state index is -0.139. The van der Waals surface area contributed by atoms with Crippen molar-refractivity contribution in [1.29, 1.82) is 0 Å². The van der Waals surface area contributed by atoms with Crippen LogP contribution in [-0.4, -0.2) is 31.3 Å². The Hall–Kier alpha value is -1.75. The number of nitrogen functional groups attached to an aromatic ring is 1. The molecular weight excluding hydrogens is 244 g/mol. The van der Waals surface area contributed by atoms with Crippen LogP contribution in [0.5, 0.6) is 5.75 Å². The fourth-order valence-corrected chi connectivity index (χ4v) is 2.10. The Labute approximate surface area is 113 Å². The van der Waals surface area contributed by atoms with Crippen molar-refractivity contribution in [3.05, 3.63) is 24.3 Å². The van der Waals surface area contributed by atoms with E-state index in [1.54, 1.807) is 24.3 Å². The molecule has 1 aliphatic heterocycles. The highest BCUT2D eigenvalue weighted by molar-refractivity contribution is 5.77. The lowest BCUT2D eigenvalue weighted by molar-refractivity contribution is -0.124. The largest absolute Gasteiger partial charge is 0.484 e. The molecule has 5 nitrogen and oxygen atoms in total. The van der Waals surface area contributed by atoms with Crippen molar-refractivity contribution in [2.75, 3.05) is 18.9 Å². The summed E-state index contributed by atoms with van der Waals surface area (Å²) in [5.74, 6) is 0.494. The van der Waals surface area contributed by atoms with Crippen LogP contribution in [0.2, 0.25) is 0 Å². The molecule has 1 fully saturated rings. The molecule has 1 aliphatic rings. The predicted molar refractivity (Wildman–Crippen MR) is 72.9 cm³/mol. The van der Waals surface area contributed by atoms with E-state index in [9.17, 15) is 4.79 Å². The van der Waals surface area contributed by atoms with Crippen molar-refractivity contribution in [1.82, 2.24) is 5.32 Å². The highest BCUT2D eigenvalue weighted by atomic mass is 16.5. The van der Waals surface area contributed by atoms with Crippen molar-refractivity contribution >= 4 is 11.6 Å². The van der Waals surface area contributed by atoms with Crippen LogP contribution in [0.1, 0.15) is 19.8 Å². The molecule has 3 N–H and O–H groups in total. The highest BCUT2D eigenvalue weighted by Gasteiger charge is 2.23. The molecule has 0 aliphatic carbocycles. The number of ether oxygens (including phenoxy) is 2. The summed E-state index contributed by atoms with van der Waals surface area (Å²) in [5, 5.41) is 2.89. The van der Waals surface area contributed by atoms with Crippen molar-refractivity contribution in [2.24, 2.45) is 0 Å². The molecule has 0 radical (unpaired) electrons. The van der Waals surface area contributed by atoms with Crippen LogP contribution in [0.4, 0.5) is 5.69 Å². The summed E-state index contributed by atoms with van der Waals surface area (Å²) in [6, 6.07) is 6.98. The van der Waals surface area contributed by atoms with Crippen LogP contribution in [0, 0.1) is 0 Å². The quantitative estimate of drug-likeness (QED) is 0.787. The van der Waals surface area contributed by atoms with Gasteiger partial charge >= 0.3 is 0 Å². The summed E-state index contributed by atoms with van der Waals surface area (Å²) >= 11 is 0. The molecule has 0 bridgehead atoms. The van der Waals surface area contributed by atoms with E-state index in [4.69, 9.17) is 15.2 Å². The third-order valence-electron chi connectivity index (χ3n) is 3.16. The van der Waals surface area contributed by atoms with Gasteiger partial charge in [0.15, 0.2) is 6.61 Å². The van der Waals surface area contributed by atoms with E-state index < -0.39 is 0 Å². The zero-order valence-electron chi connectivity index (χ0n) is 11.1. The van der Waals surface area contributed by atoms with Crippen LogP contribution >= 0.6 is 0 Å². The highest BCUT2D eigenvalue weighted by Crippen LogP contribution is 2.15. The van der Waals surface area contributed by atoms with Gasteiger partial charge in [0.05, 0.1) is 12.1 Å². The number of anilines is 1. The van der Waals surface area contributed by atoms with Gasteiger partial charge in [-0.15, -0.1) is 0 Å². The summed E-state index contributed by atoms with van der Waals surface area (Å²) < 4.78 is 10.9. The van der Waals surface area contributed by atoms with E-state index >= 15 is 0 Å². The van der Waals surface area contributed by atoms with E-state index in [0.29, 0.717) is 11.4 Å². The standard InChI is InChI=1S/C14H20N2O3/c1-10(13-3-2-8-18-13)16-14(17)9-19-12-6-4-11(15)5-7-12/h4-7,10,13H,2-3,8-9,15H2,1H3,(H,16,17). The third-order valence-corrected chi connectivity index (χ3v) is 3.16. The molecular formula is C14H20N2O3. The Balaban J connectivity index is 1.73. The van der Waals surface area contributed by atoms with Crippen molar-refractivity contribution in [3.63, 3.8) is 0 Å². The molecule has 2 atom stereocenters. The van der Waals surface area contributed by atoms with Gasteiger partial charge in [0.25, 0.3) is 5.91 Å². The van der Waals surface area contributed by atoms with Gasteiger partial charge in [-0.2, -0.15) is 0 Å². The molecule has 5 heteroatoms. The fourth-order valence-electron chi connectivity index (χ4n) is 2.10. The number of amides is 1. The topological polar surface area (TPSA) is 73.6 Å². The normalized spacial score (nSPS) is 19.9. The lowest BCUT2D eigenvalue weighted by Gasteiger charge is -2.20. The number of hydrogen-bond donors (Lipinski definition) is 2. The number of rotatable bonds is 5. The first-order valence-electron chi connectivity index (χ1n) is 6.54. The number of nitrogens with one attached hydrogen (secondary N) is 1. The smallest absolute Gasteiger partial charge is 0.258 e. The van der Waals surface area contributed by atoms with Crippen LogP contribution in [0.25, 0.3) is 0 Å². The van der Waals surface area contributed by atoms with E-state index in [-0.39, 0.29) is 24.7 Å². The van der Waals surface area contributed by atoms with Gasteiger partial charge < -0.3 is 20.5 Å². The summed E-state index contributed by atoms with van der Waals surface area (Å²) in [7, 11) is 0. The van der Waals surface area contributed by atoms with Crippen LogP contribution in [0.3, 0.4) is 0 Å². The minimum Gasteiger partial charge on any atom is -0.484 e. The number of benzene rings is 1. The van der Waals surface area contributed by atoms with Crippen molar-refractivity contribution < 1.29 is 14.3 Å². The second-order valence-electron chi connectivity index (χ2n) is 4.77. The molecule has 1 amide bonds. The average molecular weight is 264 g/mol. The first-order valence-corrected chi connectivity index (χ1v) is 6.54. The fraction of sp³-hybridized carbons (Fsp3) is 0.500. The molecule has 1 saturated heterocycles. The lowest BCUT2D eigenvalue weighted by atomic mass is 10.1. The summed E-state index contributed by atoms with van der Waals surface area (Å²) in [6.45, 7) is 2.74. The van der Waals surface area contributed by atoms with E-state index in [1.165, 1.54) is 0 Å². The van der Waals surface area contributed by atoms with Gasteiger partial charge in [-0.3, -0.25) is 4.79 Å². The molecule has 2 unspecified atom stereocenters. The first kappa shape index (κ1) is 13.7. The number of nitrogens with two attached hydrogens (primary N) is 1. The molecule has 0 aromatic heterocycles. The molecule has 0 saturated carbocycles. The maximum absolute atomic E-state index is 11.7. The maximum atomic E-state index is 11.7. The summed E-state index contributed by atoms with van der Waals surface area (Å²) in [6.07, 6.45) is 2.19. The molecule has 1 aromatic rings. The van der Waals surface area contributed by atoms with Gasteiger partial charge in [0.2, 0.25) is 0 Å². The number of carbonyl (C=O) groups excluding carboxylic acids is 1. The van der Waals surface area contributed by atoms with Gasteiger partial charge in [-0.05, 0) is 44.0 Å². The summed E-state index contributed by atoms with van der Waals surface area (Å²) in [4.78, 5) is 11.7. The number of hydrogen-bond acceptors (Lipinski definition) is 4. The second-order valence-corrected chi connectivity index (χ2v) is 4.77. The first-order chi connectivity index (χ1) is 9.15. The Bertz CT molecular complexity index is 413. The van der Waals surface area contributed by atoms with Crippen LogP contribution in [-0.2, 0) is 9.53 Å². The Morgan fingerprint density at radius 1 is 1.53 bits per heavy atom. The van der Waals surface area contributed by atoms with Gasteiger partial charge in [-0.25, -0.2) is 0 Å². The van der Waals surface area contributed by atoms with Crippen LogP contribution in [0.15, 0.2) is 24.3 Å². The predicted octanol–water partition coefficient (Wildman–Crippen LogP) is 1.33. The molecule has 2 rings (SSSR count). The third kappa shape index (κ3) is 4.13. The molecule has 104 valence electrons. The molecule has 1 heterocycles. The van der Waals surface area contributed by atoms with Crippen LogP contribution < -0.4 is 15.8 Å². The Kier molecular flexibility index (Phi) is 4.63. The Morgan fingerprint density at radius 2 is 2.26 bits per heavy atom. The minimum absolute atomic E-state index is 0.000970. The Morgan fingerprint density at radius 3 is 2.89 bits per heavy atom. The zero-order chi connectivity index (χ0) is 13.7.